The third-order valence-electron chi connectivity index (χ3n) is 4.43. The van der Waals surface area contributed by atoms with E-state index in [4.69, 9.17) is 21.1 Å². The van der Waals surface area contributed by atoms with E-state index in [2.05, 4.69) is 15.5 Å². The Bertz CT molecular complexity index is 1040. The van der Waals surface area contributed by atoms with Crippen LogP contribution in [0.2, 0.25) is 5.02 Å². The molecule has 0 bridgehead atoms. The van der Waals surface area contributed by atoms with Crippen LogP contribution in [0.4, 0.5) is 5.69 Å². The number of nitrogens with one attached hydrogen (secondary N) is 1. The van der Waals surface area contributed by atoms with E-state index in [0.29, 0.717) is 33.9 Å². The molecule has 9 heteroatoms. The molecule has 29 heavy (non-hydrogen) atoms. The molecule has 1 aliphatic heterocycles. The Morgan fingerprint density at radius 1 is 1.21 bits per heavy atom. The third kappa shape index (κ3) is 4.18. The van der Waals surface area contributed by atoms with Gasteiger partial charge in [0.05, 0.1) is 5.25 Å². The molecule has 1 N–H and O–H groups in total. The Hall–Kier alpha value is -2.71. The van der Waals surface area contributed by atoms with Crippen molar-refractivity contribution in [2.75, 3.05) is 12.1 Å². The standard InChI is InChI=1S/C20H19ClN4O3S/c1-3-25-18(13-4-6-14(21)7-5-13)23-24-20(25)29-12(2)19(26)22-15-8-9-16-17(10-15)28-11-27-16/h4-10,12H,3,11H2,1-2H3,(H,22,26)/t12-/m1/s1. The van der Waals surface area contributed by atoms with Crippen LogP contribution in [-0.2, 0) is 11.3 Å². The summed E-state index contributed by atoms with van der Waals surface area (Å²) in [4.78, 5) is 12.7. The maximum atomic E-state index is 12.7. The first-order valence-electron chi connectivity index (χ1n) is 9.11. The summed E-state index contributed by atoms with van der Waals surface area (Å²) in [6, 6.07) is 12.8. The molecule has 7 nitrogen and oxygen atoms in total. The zero-order chi connectivity index (χ0) is 20.4. The molecule has 2 aromatic carbocycles. The van der Waals surface area contributed by atoms with Gasteiger partial charge in [-0.05, 0) is 50.2 Å². The first-order chi connectivity index (χ1) is 14.0. The number of anilines is 1. The average Bonchev–Trinajstić information content (AvgIpc) is 3.34. The smallest absolute Gasteiger partial charge is 0.237 e. The van der Waals surface area contributed by atoms with Gasteiger partial charge in [-0.2, -0.15) is 0 Å². The van der Waals surface area contributed by atoms with Gasteiger partial charge < -0.3 is 19.4 Å². The van der Waals surface area contributed by atoms with Crippen molar-refractivity contribution in [2.45, 2.75) is 30.8 Å². The van der Waals surface area contributed by atoms with Crippen LogP contribution in [0.25, 0.3) is 11.4 Å². The number of benzene rings is 2. The van der Waals surface area contributed by atoms with Crippen LogP contribution < -0.4 is 14.8 Å². The summed E-state index contributed by atoms with van der Waals surface area (Å²) in [5.41, 5.74) is 1.58. The van der Waals surface area contributed by atoms with E-state index >= 15 is 0 Å². The van der Waals surface area contributed by atoms with Crippen molar-refractivity contribution in [3.63, 3.8) is 0 Å². The van der Waals surface area contributed by atoms with Gasteiger partial charge in [0.2, 0.25) is 12.7 Å². The number of amides is 1. The molecular formula is C20H19ClN4O3S. The van der Waals surface area contributed by atoms with E-state index in [0.717, 1.165) is 11.4 Å². The van der Waals surface area contributed by atoms with Gasteiger partial charge >= 0.3 is 0 Å². The van der Waals surface area contributed by atoms with Crippen LogP contribution >= 0.6 is 23.4 Å². The number of thioether (sulfide) groups is 1. The van der Waals surface area contributed by atoms with Crippen molar-refractivity contribution in [2.24, 2.45) is 0 Å². The number of aromatic nitrogens is 3. The van der Waals surface area contributed by atoms with E-state index in [1.165, 1.54) is 11.8 Å². The minimum absolute atomic E-state index is 0.132. The van der Waals surface area contributed by atoms with E-state index < -0.39 is 0 Å². The summed E-state index contributed by atoms with van der Waals surface area (Å²) in [7, 11) is 0. The molecule has 0 saturated carbocycles. The Labute approximate surface area is 177 Å². The summed E-state index contributed by atoms with van der Waals surface area (Å²) >= 11 is 7.33. The molecule has 1 aliphatic rings. The van der Waals surface area contributed by atoms with Crippen molar-refractivity contribution >= 4 is 35.0 Å². The molecule has 3 aromatic rings. The maximum Gasteiger partial charge on any atom is 0.237 e. The number of carbonyl (C=O) groups excluding carboxylic acids is 1. The minimum atomic E-state index is -0.368. The van der Waals surface area contributed by atoms with Gasteiger partial charge in [0.15, 0.2) is 22.5 Å². The van der Waals surface area contributed by atoms with E-state index in [-0.39, 0.29) is 18.0 Å². The van der Waals surface area contributed by atoms with Crippen molar-refractivity contribution < 1.29 is 14.3 Å². The van der Waals surface area contributed by atoms with Crippen LogP contribution in [0.1, 0.15) is 13.8 Å². The summed E-state index contributed by atoms with van der Waals surface area (Å²) in [5, 5.41) is 12.5. The molecule has 150 valence electrons. The monoisotopic (exact) mass is 430 g/mol. The van der Waals surface area contributed by atoms with Gasteiger partial charge in [-0.15, -0.1) is 10.2 Å². The minimum Gasteiger partial charge on any atom is -0.454 e. The van der Waals surface area contributed by atoms with Crippen molar-refractivity contribution in [3.8, 4) is 22.9 Å². The molecule has 1 amide bonds. The number of hydrogen-bond donors (Lipinski definition) is 1. The van der Waals surface area contributed by atoms with Crippen LogP contribution in [-0.4, -0.2) is 32.7 Å². The highest BCUT2D eigenvalue weighted by Gasteiger charge is 2.21. The molecule has 0 unspecified atom stereocenters. The predicted octanol–water partition coefficient (Wildman–Crippen LogP) is 4.47. The number of ether oxygens (including phenoxy) is 2. The van der Waals surface area contributed by atoms with Crippen LogP contribution in [0.5, 0.6) is 11.5 Å². The molecule has 1 atom stereocenters. The fraction of sp³-hybridized carbons (Fsp3) is 0.250. The molecule has 0 saturated heterocycles. The molecule has 0 fully saturated rings. The maximum absolute atomic E-state index is 12.7. The lowest BCUT2D eigenvalue weighted by Crippen LogP contribution is -2.22. The molecule has 1 aromatic heterocycles. The zero-order valence-corrected chi connectivity index (χ0v) is 17.5. The summed E-state index contributed by atoms with van der Waals surface area (Å²) < 4.78 is 12.6. The molecule has 4 rings (SSSR count). The fourth-order valence-electron chi connectivity index (χ4n) is 2.90. The van der Waals surface area contributed by atoms with Gasteiger partial charge in [-0.25, -0.2) is 0 Å². The molecule has 0 radical (unpaired) electrons. The second-order valence-corrected chi connectivity index (χ2v) is 8.12. The number of hydrogen-bond acceptors (Lipinski definition) is 6. The number of carbonyl (C=O) groups is 1. The molecule has 0 aliphatic carbocycles. The number of halogens is 1. The first kappa shape index (κ1) is 19.6. The number of fused-ring (bicyclic) bond motifs is 1. The molecule has 2 heterocycles. The highest BCUT2D eigenvalue weighted by Crippen LogP contribution is 2.34. The second-order valence-electron chi connectivity index (χ2n) is 6.37. The van der Waals surface area contributed by atoms with Gasteiger partial charge in [0.25, 0.3) is 0 Å². The Morgan fingerprint density at radius 2 is 1.97 bits per heavy atom. The number of nitrogens with zero attached hydrogens (tertiary/aromatic N) is 3. The average molecular weight is 431 g/mol. The lowest BCUT2D eigenvalue weighted by molar-refractivity contribution is -0.115. The third-order valence-corrected chi connectivity index (χ3v) is 5.76. The van der Waals surface area contributed by atoms with Crippen LogP contribution in [0.15, 0.2) is 47.6 Å². The topological polar surface area (TPSA) is 78.3 Å². The van der Waals surface area contributed by atoms with E-state index in [1.807, 2.05) is 42.7 Å². The number of rotatable bonds is 6. The van der Waals surface area contributed by atoms with E-state index in [1.54, 1.807) is 18.2 Å². The fourth-order valence-corrected chi connectivity index (χ4v) is 3.94. The lowest BCUT2D eigenvalue weighted by atomic mass is 10.2. The Balaban J connectivity index is 1.47. The Morgan fingerprint density at radius 3 is 2.72 bits per heavy atom. The normalized spacial score (nSPS) is 13.3. The van der Waals surface area contributed by atoms with Crippen molar-refractivity contribution in [1.82, 2.24) is 14.8 Å². The lowest BCUT2D eigenvalue weighted by Gasteiger charge is -2.13. The highest BCUT2D eigenvalue weighted by molar-refractivity contribution is 8.00. The first-order valence-corrected chi connectivity index (χ1v) is 10.4. The van der Waals surface area contributed by atoms with Gasteiger partial charge in [-0.3, -0.25) is 4.79 Å². The molecule has 0 spiro atoms. The van der Waals surface area contributed by atoms with Crippen molar-refractivity contribution in [1.29, 1.82) is 0 Å². The zero-order valence-electron chi connectivity index (χ0n) is 15.9. The highest BCUT2D eigenvalue weighted by atomic mass is 35.5. The summed E-state index contributed by atoms with van der Waals surface area (Å²) in [5.74, 6) is 1.92. The summed E-state index contributed by atoms with van der Waals surface area (Å²) in [6.07, 6.45) is 0. The SMILES string of the molecule is CCn1c(S[C@H](C)C(=O)Nc2ccc3c(c2)OCO3)nnc1-c1ccc(Cl)cc1. The predicted molar refractivity (Wildman–Crippen MR) is 113 cm³/mol. The van der Waals surface area contributed by atoms with Gasteiger partial charge in [0, 0.05) is 28.9 Å². The van der Waals surface area contributed by atoms with Crippen LogP contribution in [0.3, 0.4) is 0 Å². The van der Waals surface area contributed by atoms with Gasteiger partial charge in [-0.1, -0.05) is 23.4 Å². The van der Waals surface area contributed by atoms with Crippen molar-refractivity contribution in [3.05, 3.63) is 47.5 Å². The van der Waals surface area contributed by atoms with E-state index in [9.17, 15) is 4.79 Å². The Kier molecular flexibility index (Phi) is 5.64. The molecular weight excluding hydrogens is 412 g/mol. The quantitative estimate of drug-likeness (QED) is 0.581. The summed E-state index contributed by atoms with van der Waals surface area (Å²) in [6.45, 7) is 4.74. The van der Waals surface area contributed by atoms with Crippen LogP contribution in [0, 0.1) is 0 Å². The van der Waals surface area contributed by atoms with Gasteiger partial charge in [0.1, 0.15) is 0 Å². The largest absolute Gasteiger partial charge is 0.454 e. The second kappa shape index (κ2) is 8.34.